The summed E-state index contributed by atoms with van der Waals surface area (Å²) < 4.78 is 10.4. The van der Waals surface area contributed by atoms with Crippen LogP contribution in [0.15, 0.2) is 0 Å². The zero-order valence-corrected chi connectivity index (χ0v) is 8.44. The average Bonchev–Trinajstić information content (AvgIpc) is 2.21. The summed E-state index contributed by atoms with van der Waals surface area (Å²) in [5.41, 5.74) is 0. The van der Waals surface area contributed by atoms with E-state index in [1.165, 1.54) is 0 Å². The van der Waals surface area contributed by atoms with Crippen LogP contribution in [0.4, 0.5) is 0 Å². The second kappa shape index (κ2) is 12.3. The van der Waals surface area contributed by atoms with Gasteiger partial charge in [-0.15, -0.1) is 0 Å². The molecule has 0 rings (SSSR count). The molecule has 14 heavy (non-hydrogen) atoms. The molecule has 0 aromatic carbocycles. The predicted octanol–water partition coefficient (Wildman–Crippen LogP) is 0.978. The highest BCUT2D eigenvalue weighted by Gasteiger charge is 1.90. The molecule has 0 heterocycles. The Labute approximate surface area is 84.6 Å². The minimum absolute atomic E-state index is 0.556. The first-order valence-corrected chi connectivity index (χ1v) is 4.94. The van der Waals surface area contributed by atoms with E-state index in [2.05, 4.69) is 0 Å². The summed E-state index contributed by atoms with van der Waals surface area (Å²) in [6.45, 7) is 2.33. The van der Waals surface area contributed by atoms with Crippen LogP contribution in [0.3, 0.4) is 0 Å². The smallest absolute Gasteiger partial charge is 0.120 e. The van der Waals surface area contributed by atoms with Crippen molar-refractivity contribution in [3.8, 4) is 0 Å². The predicted molar refractivity (Wildman–Crippen MR) is 52.2 cm³/mol. The molecule has 0 aromatic heterocycles. The van der Waals surface area contributed by atoms with Crippen molar-refractivity contribution in [1.29, 1.82) is 0 Å². The van der Waals surface area contributed by atoms with Crippen LogP contribution in [-0.4, -0.2) is 39.0 Å². The third-order valence-corrected chi connectivity index (χ3v) is 1.59. The summed E-state index contributed by atoms with van der Waals surface area (Å²) in [6.07, 6.45) is 4.43. The molecule has 0 fully saturated rings. The zero-order chi connectivity index (χ0) is 10.5. The van der Waals surface area contributed by atoms with Crippen molar-refractivity contribution in [2.24, 2.45) is 0 Å². The van der Waals surface area contributed by atoms with E-state index in [0.717, 1.165) is 25.4 Å². The maximum absolute atomic E-state index is 9.93. The van der Waals surface area contributed by atoms with E-state index in [4.69, 9.17) is 9.47 Å². The Kier molecular flexibility index (Phi) is 11.6. The summed E-state index contributed by atoms with van der Waals surface area (Å²) >= 11 is 0. The molecule has 4 heteroatoms. The van der Waals surface area contributed by atoms with Crippen molar-refractivity contribution >= 4 is 12.6 Å². The number of aldehydes is 2. The lowest BCUT2D eigenvalue weighted by atomic mass is 10.3. The highest BCUT2D eigenvalue weighted by Crippen LogP contribution is 1.89. The fourth-order valence-corrected chi connectivity index (χ4v) is 0.859. The normalized spacial score (nSPS) is 10.0. The van der Waals surface area contributed by atoms with E-state index in [0.29, 0.717) is 39.3 Å². The van der Waals surface area contributed by atoms with Crippen molar-refractivity contribution in [2.75, 3.05) is 26.4 Å². The van der Waals surface area contributed by atoms with Gasteiger partial charge in [0.05, 0.1) is 13.2 Å². The molecule has 0 aliphatic carbocycles. The first-order chi connectivity index (χ1) is 6.91. The number of rotatable bonds is 11. The topological polar surface area (TPSA) is 52.6 Å². The molecule has 0 aromatic rings. The second-order valence-corrected chi connectivity index (χ2v) is 2.84. The number of carbonyl (C=O) groups is 2. The Hall–Kier alpha value is -0.740. The van der Waals surface area contributed by atoms with Gasteiger partial charge in [-0.2, -0.15) is 0 Å². The van der Waals surface area contributed by atoms with Crippen molar-refractivity contribution in [2.45, 2.75) is 25.7 Å². The van der Waals surface area contributed by atoms with Crippen LogP contribution in [0.1, 0.15) is 25.7 Å². The minimum atomic E-state index is 0.556. The molecule has 4 nitrogen and oxygen atoms in total. The van der Waals surface area contributed by atoms with Crippen LogP contribution < -0.4 is 0 Å². The molecule has 0 bridgehead atoms. The maximum Gasteiger partial charge on any atom is 0.120 e. The molecule has 0 aliphatic rings. The molecule has 0 unspecified atom stereocenters. The van der Waals surface area contributed by atoms with Crippen molar-refractivity contribution < 1.29 is 19.1 Å². The Morgan fingerprint density at radius 2 is 1.14 bits per heavy atom. The first kappa shape index (κ1) is 13.3. The van der Waals surface area contributed by atoms with Gasteiger partial charge in [0.1, 0.15) is 12.6 Å². The Morgan fingerprint density at radius 3 is 1.50 bits per heavy atom. The quantitative estimate of drug-likeness (QED) is 0.370. The molecule has 0 saturated carbocycles. The van der Waals surface area contributed by atoms with Gasteiger partial charge in [0.15, 0.2) is 0 Å². The van der Waals surface area contributed by atoms with Crippen LogP contribution in [0.2, 0.25) is 0 Å². The Balaban J connectivity index is 2.84. The van der Waals surface area contributed by atoms with Crippen LogP contribution in [-0.2, 0) is 19.1 Å². The van der Waals surface area contributed by atoms with Gasteiger partial charge in [-0.3, -0.25) is 0 Å². The highest BCUT2D eigenvalue weighted by atomic mass is 16.5. The van der Waals surface area contributed by atoms with E-state index in [-0.39, 0.29) is 0 Å². The number of unbranched alkanes of at least 4 members (excludes halogenated alkanes) is 2. The zero-order valence-electron chi connectivity index (χ0n) is 8.44. The molecule has 0 saturated heterocycles. The number of hydrogen-bond acceptors (Lipinski definition) is 4. The summed E-state index contributed by atoms with van der Waals surface area (Å²) in [7, 11) is 0. The van der Waals surface area contributed by atoms with Crippen LogP contribution in [0, 0.1) is 0 Å². The molecule has 0 atom stereocenters. The molecule has 0 aliphatic heterocycles. The van der Waals surface area contributed by atoms with Gasteiger partial charge in [0.2, 0.25) is 0 Å². The SMILES string of the molecule is O=CCCCOCCOCCCC=O. The largest absolute Gasteiger partial charge is 0.379 e. The van der Waals surface area contributed by atoms with Crippen molar-refractivity contribution in [1.82, 2.24) is 0 Å². The van der Waals surface area contributed by atoms with Gasteiger partial charge < -0.3 is 19.1 Å². The van der Waals surface area contributed by atoms with E-state index < -0.39 is 0 Å². The van der Waals surface area contributed by atoms with Gasteiger partial charge in [0.25, 0.3) is 0 Å². The lowest BCUT2D eigenvalue weighted by Gasteiger charge is -2.03. The number of hydrogen-bond donors (Lipinski definition) is 0. The summed E-state index contributed by atoms with van der Waals surface area (Å²) in [5.74, 6) is 0. The molecular formula is C10H18O4. The molecule has 0 amide bonds. The highest BCUT2D eigenvalue weighted by molar-refractivity contribution is 5.49. The number of ether oxygens (including phenoxy) is 2. The summed E-state index contributed by atoms with van der Waals surface area (Å²) in [5, 5.41) is 0. The molecule has 0 radical (unpaired) electrons. The fourth-order valence-electron chi connectivity index (χ4n) is 0.859. The van der Waals surface area contributed by atoms with Gasteiger partial charge >= 0.3 is 0 Å². The lowest BCUT2D eigenvalue weighted by Crippen LogP contribution is -2.06. The average molecular weight is 202 g/mol. The van der Waals surface area contributed by atoms with E-state index in [9.17, 15) is 9.59 Å². The minimum Gasteiger partial charge on any atom is -0.379 e. The third kappa shape index (κ3) is 11.3. The van der Waals surface area contributed by atoms with Gasteiger partial charge in [0, 0.05) is 26.1 Å². The first-order valence-electron chi connectivity index (χ1n) is 4.94. The number of carbonyl (C=O) groups excluding carboxylic acids is 2. The van der Waals surface area contributed by atoms with Crippen molar-refractivity contribution in [3.63, 3.8) is 0 Å². The van der Waals surface area contributed by atoms with E-state index in [1.54, 1.807) is 0 Å². The van der Waals surface area contributed by atoms with Gasteiger partial charge in [-0.1, -0.05) is 0 Å². The molecule has 0 N–H and O–H groups in total. The van der Waals surface area contributed by atoms with Crippen molar-refractivity contribution in [3.05, 3.63) is 0 Å². The fraction of sp³-hybridized carbons (Fsp3) is 0.800. The van der Waals surface area contributed by atoms with E-state index >= 15 is 0 Å². The maximum atomic E-state index is 9.93. The van der Waals surface area contributed by atoms with Crippen LogP contribution >= 0.6 is 0 Å². The lowest BCUT2D eigenvalue weighted by molar-refractivity contribution is -0.109. The standard InChI is InChI=1S/C10H18O4/c11-5-1-3-7-13-9-10-14-8-4-2-6-12/h5-6H,1-4,7-10H2. The third-order valence-electron chi connectivity index (χ3n) is 1.59. The summed E-state index contributed by atoms with van der Waals surface area (Å²) in [6, 6.07) is 0. The van der Waals surface area contributed by atoms with Gasteiger partial charge in [-0.05, 0) is 12.8 Å². The Morgan fingerprint density at radius 1 is 0.714 bits per heavy atom. The summed E-state index contributed by atoms with van der Waals surface area (Å²) in [4.78, 5) is 19.9. The monoisotopic (exact) mass is 202 g/mol. The van der Waals surface area contributed by atoms with Gasteiger partial charge in [-0.25, -0.2) is 0 Å². The van der Waals surface area contributed by atoms with E-state index in [1.807, 2.05) is 0 Å². The Bertz CT molecular complexity index is 120. The van der Waals surface area contributed by atoms with Crippen LogP contribution in [0.25, 0.3) is 0 Å². The molecule has 0 spiro atoms. The second-order valence-electron chi connectivity index (χ2n) is 2.84. The molecular weight excluding hydrogens is 184 g/mol. The molecule has 82 valence electrons. The van der Waals surface area contributed by atoms with Crippen LogP contribution in [0.5, 0.6) is 0 Å².